The molecule has 0 radical (unpaired) electrons. The molecule has 0 aromatic heterocycles. The fourth-order valence-corrected chi connectivity index (χ4v) is 2.09. The van der Waals surface area contributed by atoms with Gasteiger partial charge < -0.3 is 20.9 Å². The SMILES string of the molecule is C[C@@H](N)C(=O)N1CCN2C(=O)NCC2C1. The lowest BCUT2D eigenvalue weighted by Crippen LogP contribution is -2.56. The second-order valence-electron chi connectivity index (χ2n) is 4.11. The summed E-state index contributed by atoms with van der Waals surface area (Å²) in [6.45, 7) is 4.10. The Kier molecular flexibility index (Phi) is 2.52. The second kappa shape index (κ2) is 3.69. The smallest absolute Gasteiger partial charge is 0.317 e. The molecule has 3 N–H and O–H groups in total. The molecule has 15 heavy (non-hydrogen) atoms. The number of hydrogen-bond donors (Lipinski definition) is 2. The minimum absolute atomic E-state index is 0.0205. The van der Waals surface area contributed by atoms with Crippen molar-refractivity contribution < 1.29 is 9.59 Å². The third-order valence-corrected chi connectivity index (χ3v) is 2.93. The van der Waals surface area contributed by atoms with Crippen LogP contribution in [0.4, 0.5) is 4.79 Å². The molecular weight excluding hydrogens is 196 g/mol. The molecule has 0 saturated carbocycles. The van der Waals surface area contributed by atoms with Crippen LogP contribution in [-0.2, 0) is 4.79 Å². The van der Waals surface area contributed by atoms with Gasteiger partial charge in [0.1, 0.15) is 0 Å². The van der Waals surface area contributed by atoms with Gasteiger partial charge in [0.05, 0.1) is 12.1 Å². The van der Waals surface area contributed by atoms with Crippen LogP contribution in [0.25, 0.3) is 0 Å². The van der Waals surface area contributed by atoms with Gasteiger partial charge in [0.25, 0.3) is 0 Å². The van der Waals surface area contributed by atoms with Crippen molar-refractivity contribution in [3.05, 3.63) is 0 Å². The minimum atomic E-state index is -0.457. The number of rotatable bonds is 1. The highest BCUT2D eigenvalue weighted by Gasteiger charge is 2.37. The van der Waals surface area contributed by atoms with Crippen LogP contribution < -0.4 is 11.1 Å². The molecule has 0 aromatic carbocycles. The van der Waals surface area contributed by atoms with Crippen molar-refractivity contribution in [2.75, 3.05) is 26.2 Å². The van der Waals surface area contributed by atoms with Gasteiger partial charge in [-0.15, -0.1) is 0 Å². The Morgan fingerprint density at radius 2 is 2.33 bits per heavy atom. The molecule has 2 aliphatic heterocycles. The molecule has 2 fully saturated rings. The van der Waals surface area contributed by atoms with E-state index in [1.54, 1.807) is 16.7 Å². The van der Waals surface area contributed by atoms with Crippen molar-refractivity contribution >= 4 is 11.9 Å². The summed E-state index contributed by atoms with van der Waals surface area (Å²) in [6, 6.07) is -0.358. The monoisotopic (exact) mass is 212 g/mol. The van der Waals surface area contributed by atoms with E-state index in [1.807, 2.05) is 0 Å². The van der Waals surface area contributed by atoms with E-state index in [0.29, 0.717) is 26.2 Å². The lowest BCUT2D eigenvalue weighted by molar-refractivity contribution is -0.134. The van der Waals surface area contributed by atoms with Gasteiger partial charge in [0, 0.05) is 26.2 Å². The molecule has 0 aromatic rings. The maximum atomic E-state index is 11.6. The summed E-state index contributed by atoms with van der Waals surface area (Å²) >= 11 is 0. The molecule has 2 rings (SSSR count). The maximum Gasteiger partial charge on any atom is 0.317 e. The maximum absolute atomic E-state index is 11.6. The van der Waals surface area contributed by atoms with Gasteiger partial charge in [-0.05, 0) is 6.92 Å². The van der Waals surface area contributed by atoms with Gasteiger partial charge in [-0.1, -0.05) is 0 Å². The summed E-state index contributed by atoms with van der Waals surface area (Å²) in [5.41, 5.74) is 5.54. The average molecular weight is 212 g/mol. The van der Waals surface area contributed by atoms with Crippen molar-refractivity contribution in [1.82, 2.24) is 15.1 Å². The number of carbonyl (C=O) groups excluding carboxylic acids is 2. The van der Waals surface area contributed by atoms with E-state index >= 15 is 0 Å². The minimum Gasteiger partial charge on any atom is -0.337 e. The van der Waals surface area contributed by atoms with Gasteiger partial charge in [0.15, 0.2) is 0 Å². The number of urea groups is 1. The lowest BCUT2D eigenvalue weighted by atomic mass is 10.1. The molecule has 6 heteroatoms. The summed E-state index contributed by atoms with van der Waals surface area (Å²) in [7, 11) is 0. The molecule has 0 aliphatic carbocycles. The topological polar surface area (TPSA) is 78.7 Å². The zero-order valence-electron chi connectivity index (χ0n) is 8.77. The highest BCUT2D eigenvalue weighted by molar-refractivity contribution is 5.82. The zero-order chi connectivity index (χ0) is 11.0. The normalized spacial score (nSPS) is 27.3. The number of carbonyl (C=O) groups is 2. The molecule has 2 heterocycles. The molecule has 84 valence electrons. The van der Waals surface area contributed by atoms with E-state index < -0.39 is 6.04 Å². The van der Waals surface area contributed by atoms with E-state index in [-0.39, 0.29) is 18.0 Å². The molecule has 6 nitrogen and oxygen atoms in total. The second-order valence-corrected chi connectivity index (χ2v) is 4.11. The standard InChI is InChI=1S/C9H16N4O2/c1-6(10)8(14)12-2-3-13-7(5-12)4-11-9(13)15/h6-7H,2-5,10H2,1H3,(H,11,15)/t6-,7?/m1/s1. The number of nitrogens with one attached hydrogen (secondary N) is 1. The summed E-state index contributed by atoms with van der Waals surface area (Å²) in [6.07, 6.45) is 0. The Labute approximate surface area is 88.4 Å². The number of piperazine rings is 1. The fraction of sp³-hybridized carbons (Fsp3) is 0.778. The number of amides is 3. The van der Waals surface area contributed by atoms with Gasteiger partial charge >= 0.3 is 6.03 Å². The third kappa shape index (κ3) is 1.77. The van der Waals surface area contributed by atoms with Crippen molar-refractivity contribution in [3.8, 4) is 0 Å². The van der Waals surface area contributed by atoms with Crippen molar-refractivity contribution in [2.45, 2.75) is 19.0 Å². The molecule has 2 saturated heterocycles. The van der Waals surface area contributed by atoms with E-state index in [1.165, 1.54) is 0 Å². The van der Waals surface area contributed by atoms with Crippen LogP contribution in [0.15, 0.2) is 0 Å². The largest absolute Gasteiger partial charge is 0.337 e. The highest BCUT2D eigenvalue weighted by Crippen LogP contribution is 2.14. The number of hydrogen-bond acceptors (Lipinski definition) is 3. The average Bonchev–Trinajstić information content (AvgIpc) is 2.59. The summed E-state index contributed by atoms with van der Waals surface area (Å²) in [4.78, 5) is 26.5. The highest BCUT2D eigenvalue weighted by atomic mass is 16.2. The van der Waals surface area contributed by atoms with Crippen LogP contribution in [0, 0.1) is 0 Å². The first-order chi connectivity index (χ1) is 7.09. The van der Waals surface area contributed by atoms with Crippen LogP contribution >= 0.6 is 0 Å². The van der Waals surface area contributed by atoms with Gasteiger partial charge in [-0.2, -0.15) is 0 Å². The molecular formula is C9H16N4O2. The third-order valence-electron chi connectivity index (χ3n) is 2.93. The summed E-state index contributed by atoms with van der Waals surface area (Å²) < 4.78 is 0. The Morgan fingerprint density at radius 3 is 3.00 bits per heavy atom. The van der Waals surface area contributed by atoms with Gasteiger partial charge in [-0.3, -0.25) is 4.79 Å². The molecule has 3 amide bonds. The van der Waals surface area contributed by atoms with E-state index in [2.05, 4.69) is 5.32 Å². The molecule has 2 aliphatic rings. The molecule has 1 unspecified atom stereocenters. The summed E-state index contributed by atoms with van der Waals surface area (Å²) in [5, 5.41) is 2.77. The van der Waals surface area contributed by atoms with Crippen molar-refractivity contribution in [3.63, 3.8) is 0 Å². The number of nitrogens with zero attached hydrogens (tertiary/aromatic N) is 2. The van der Waals surface area contributed by atoms with Crippen LogP contribution in [0.2, 0.25) is 0 Å². The van der Waals surface area contributed by atoms with Crippen molar-refractivity contribution in [1.29, 1.82) is 0 Å². The first-order valence-corrected chi connectivity index (χ1v) is 5.18. The quantitative estimate of drug-likeness (QED) is 0.559. The summed E-state index contributed by atoms with van der Waals surface area (Å²) in [5.74, 6) is -0.0333. The molecule has 0 spiro atoms. The van der Waals surface area contributed by atoms with Crippen LogP contribution in [0.1, 0.15) is 6.92 Å². The predicted molar refractivity (Wildman–Crippen MR) is 54.1 cm³/mol. The van der Waals surface area contributed by atoms with E-state index in [4.69, 9.17) is 5.73 Å². The predicted octanol–water partition coefficient (Wildman–Crippen LogP) is -1.43. The first kappa shape index (κ1) is 10.2. The fourth-order valence-electron chi connectivity index (χ4n) is 2.09. The lowest BCUT2D eigenvalue weighted by Gasteiger charge is -2.37. The zero-order valence-corrected chi connectivity index (χ0v) is 8.77. The molecule has 0 bridgehead atoms. The first-order valence-electron chi connectivity index (χ1n) is 5.18. The van der Waals surface area contributed by atoms with E-state index in [9.17, 15) is 9.59 Å². The van der Waals surface area contributed by atoms with Crippen LogP contribution in [0.5, 0.6) is 0 Å². The Balaban J connectivity index is 1.99. The van der Waals surface area contributed by atoms with Crippen LogP contribution in [-0.4, -0.2) is 60.0 Å². The Morgan fingerprint density at radius 1 is 1.60 bits per heavy atom. The van der Waals surface area contributed by atoms with E-state index in [0.717, 1.165) is 0 Å². The Hall–Kier alpha value is -1.30. The van der Waals surface area contributed by atoms with Gasteiger partial charge in [-0.25, -0.2) is 4.79 Å². The Bertz CT molecular complexity index is 292. The van der Waals surface area contributed by atoms with Gasteiger partial charge in [0.2, 0.25) is 5.91 Å². The number of fused-ring (bicyclic) bond motifs is 1. The molecule has 2 atom stereocenters. The van der Waals surface area contributed by atoms with Crippen molar-refractivity contribution in [2.24, 2.45) is 5.73 Å². The number of nitrogens with two attached hydrogens (primary N) is 1. The van der Waals surface area contributed by atoms with Crippen LogP contribution in [0.3, 0.4) is 0 Å².